The Bertz CT molecular complexity index is 962. The largest absolute Gasteiger partial charge is 0.497 e. The summed E-state index contributed by atoms with van der Waals surface area (Å²) < 4.78 is 5.52. The molecule has 1 aliphatic heterocycles. The van der Waals surface area contributed by atoms with E-state index in [1.165, 1.54) is 0 Å². The number of carbonyl (C=O) groups excluding carboxylic acids is 1. The zero-order valence-electron chi connectivity index (χ0n) is 19.2. The van der Waals surface area contributed by atoms with Gasteiger partial charge in [0.1, 0.15) is 5.75 Å². The first kappa shape index (κ1) is 22.6. The highest BCUT2D eigenvalue weighted by molar-refractivity contribution is 5.94. The van der Waals surface area contributed by atoms with Crippen LogP contribution in [-0.2, 0) is 5.41 Å². The average Bonchev–Trinajstić information content (AvgIpc) is 2.83. The van der Waals surface area contributed by atoms with Gasteiger partial charge in [-0.3, -0.25) is 9.69 Å². The van der Waals surface area contributed by atoms with Gasteiger partial charge in [0.15, 0.2) is 0 Å². The predicted octanol–water partition coefficient (Wildman–Crippen LogP) is 3.88. The minimum atomic E-state index is -0.867. The first-order valence-corrected chi connectivity index (χ1v) is 11.4. The molecule has 3 atom stereocenters. The summed E-state index contributed by atoms with van der Waals surface area (Å²) in [4.78, 5) is 17.4. The molecule has 1 saturated carbocycles. The smallest absolute Gasteiger partial charge is 0.253 e. The van der Waals surface area contributed by atoms with E-state index in [9.17, 15) is 9.90 Å². The molecule has 1 aliphatic carbocycles. The Hall–Kier alpha value is -2.63. The van der Waals surface area contributed by atoms with E-state index in [0.29, 0.717) is 18.5 Å². The van der Waals surface area contributed by atoms with E-state index in [-0.39, 0.29) is 11.9 Å². The summed E-state index contributed by atoms with van der Waals surface area (Å²) in [5, 5.41) is 12.1. The maximum Gasteiger partial charge on any atom is 0.253 e. The van der Waals surface area contributed by atoms with Crippen LogP contribution in [0.4, 0.5) is 0 Å². The molecule has 2 aliphatic rings. The fourth-order valence-corrected chi connectivity index (χ4v) is 5.77. The van der Waals surface area contributed by atoms with Crippen molar-refractivity contribution in [3.05, 3.63) is 78.4 Å². The molecule has 32 heavy (non-hydrogen) atoms. The lowest BCUT2D eigenvalue weighted by molar-refractivity contribution is -0.130. The van der Waals surface area contributed by atoms with Crippen molar-refractivity contribution in [3.63, 3.8) is 0 Å². The van der Waals surface area contributed by atoms with Gasteiger partial charge >= 0.3 is 0 Å². The first-order chi connectivity index (χ1) is 15.4. The summed E-state index contributed by atoms with van der Waals surface area (Å²) >= 11 is 0. The molecular formula is C27H34N2O3. The first-order valence-electron chi connectivity index (χ1n) is 11.4. The summed E-state index contributed by atoms with van der Waals surface area (Å²) in [6.07, 6.45) is 4.88. The summed E-state index contributed by atoms with van der Waals surface area (Å²) in [6.45, 7) is 6.14. The molecule has 2 aromatic carbocycles. The van der Waals surface area contributed by atoms with Gasteiger partial charge in [-0.25, -0.2) is 0 Å². The number of ether oxygens (including phenoxy) is 1. The van der Waals surface area contributed by atoms with Crippen molar-refractivity contribution in [2.24, 2.45) is 0 Å². The van der Waals surface area contributed by atoms with Gasteiger partial charge in [0.25, 0.3) is 5.91 Å². The molecule has 170 valence electrons. The van der Waals surface area contributed by atoms with Gasteiger partial charge < -0.3 is 14.7 Å². The van der Waals surface area contributed by atoms with Crippen LogP contribution in [0.1, 0.15) is 41.6 Å². The Morgan fingerprint density at radius 3 is 2.75 bits per heavy atom. The van der Waals surface area contributed by atoms with Crippen LogP contribution in [-0.4, -0.2) is 66.2 Å². The highest BCUT2D eigenvalue weighted by Crippen LogP contribution is 2.52. The molecule has 5 nitrogen and oxygen atoms in total. The number of hydrogen-bond acceptors (Lipinski definition) is 4. The van der Waals surface area contributed by atoms with E-state index in [2.05, 4.69) is 23.6 Å². The van der Waals surface area contributed by atoms with Crippen LogP contribution in [0.5, 0.6) is 5.75 Å². The zero-order chi connectivity index (χ0) is 22.8. The number of hydrogen-bond donors (Lipinski definition) is 1. The normalized spacial score (nSPS) is 27.9. The van der Waals surface area contributed by atoms with Crippen molar-refractivity contribution in [1.82, 2.24) is 9.80 Å². The Kier molecular flexibility index (Phi) is 6.40. The number of amides is 1. The topological polar surface area (TPSA) is 53.0 Å². The minimum Gasteiger partial charge on any atom is -0.497 e. The molecule has 1 heterocycles. The van der Waals surface area contributed by atoms with Gasteiger partial charge in [0, 0.05) is 37.2 Å². The number of fused-ring (bicyclic) bond motifs is 1. The van der Waals surface area contributed by atoms with Gasteiger partial charge in [-0.2, -0.15) is 0 Å². The predicted molar refractivity (Wildman–Crippen MR) is 127 cm³/mol. The monoisotopic (exact) mass is 434 g/mol. The molecular weight excluding hydrogens is 400 g/mol. The van der Waals surface area contributed by atoms with E-state index >= 15 is 0 Å². The highest BCUT2D eigenvalue weighted by Gasteiger charge is 2.58. The molecule has 0 bridgehead atoms. The van der Waals surface area contributed by atoms with Gasteiger partial charge in [0.05, 0.1) is 12.7 Å². The maximum atomic E-state index is 13.2. The number of likely N-dealkylation sites (tertiary alicyclic amines) is 1. The van der Waals surface area contributed by atoms with Gasteiger partial charge in [-0.1, -0.05) is 36.4 Å². The Labute approximate surface area is 191 Å². The van der Waals surface area contributed by atoms with Crippen LogP contribution in [0.2, 0.25) is 0 Å². The number of nitrogens with zero attached hydrogens (tertiary/aromatic N) is 2. The molecule has 1 amide bonds. The van der Waals surface area contributed by atoms with Gasteiger partial charge in [-0.15, -0.1) is 6.58 Å². The number of rotatable bonds is 6. The SMILES string of the molecule is C=CCN1CC[C@@]2(c3cccc(OC)c3)C[C@@H](N(C)C(=O)c3ccccc3)CC[C@]2(O)C1. The molecule has 1 N–H and O–H groups in total. The standard InChI is InChI=1S/C27H34N2O3/c1-4-16-29-17-15-26(22-11-8-12-24(18-22)32-3)19-23(13-14-27(26,31)20-29)28(2)25(30)21-9-6-5-7-10-21/h4-12,18,23,31H,1,13-17,19-20H2,2-3H3/t23-,26-,27-/m0/s1. The third-order valence-corrected chi connectivity index (χ3v) is 7.60. The molecule has 0 unspecified atom stereocenters. The number of piperidine rings is 1. The average molecular weight is 435 g/mol. The Morgan fingerprint density at radius 1 is 1.25 bits per heavy atom. The van der Waals surface area contributed by atoms with Gasteiger partial charge in [0.2, 0.25) is 0 Å². The van der Waals surface area contributed by atoms with Crippen molar-refractivity contribution >= 4 is 5.91 Å². The van der Waals surface area contributed by atoms with Crippen LogP contribution < -0.4 is 4.74 Å². The van der Waals surface area contributed by atoms with E-state index in [0.717, 1.165) is 43.7 Å². The number of methoxy groups -OCH3 is 1. The molecule has 0 spiro atoms. The van der Waals surface area contributed by atoms with Crippen LogP contribution in [0.3, 0.4) is 0 Å². The van der Waals surface area contributed by atoms with E-state index in [1.807, 2.05) is 60.5 Å². The van der Waals surface area contributed by atoms with Crippen LogP contribution in [0, 0.1) is 0 Å². The Balaban J connectivity index is 1.69. The molecule has 1 saturated heterocycles. The fourth-order valence-electron chi connectivity index (χ4n) is 5.77. The lowest BCUT2D eigenvalue weighted by Gasteiger charge is -2.59. The minimum absolute atomic E-state index is 0.0333. The third kappa shape index (κ3) is 3.96. The second kappa shape index (κ2) is 9.08. The van der Waals surface area contributed by atoms with Crippen molar-refractivity contribution < 1.29 is 14.6 Å². The van der Waals surface area contributed by atoms with Gasteiger partial charge in [-0.05, 0) is 62.1 Å². The van der Waals surface area contributed by atoms with Crippen molar-refractivity contribution in [3.8, 4) is 5.75 Å². The van der Waals surface area contributed by atoms with Crippen LogP contribution in [0.25, 0.3) is 0 Å². The molecule has 0 aromatic heterocycles. The molecule has 5 heteroatoms. The quantitative estimate of drug-likeness (QED) is 0.701. The Morgan fingerprint density at radius 2 is 2.03 bits per heavy atom. The van der Waals surface area contributed by atoms with E-state index < -0.39 is 11.0 Å². The van der Waals surface area contributed by atoms with E-state index in [4.69, 9.17) is 4.74 Å². The number of benzene rings is 2. The zero-order valence-corrected chi connectivity index (χ0v) is 19.2. The van der Waals surface area contributed by atoms with Crippen molar-refractivity contribution in [2.45, 2.75) is 42.7 Å². The number of β-amino-alcohol motifs (C(OH)–C–C–N with tert-alkyl or cyclic N) is 1. The van der Waals surface area contributed by atoms with Crippen molar-refractivity contribution in [2.75, 3.05) is 33.8 Å². The summed E-state index contributed by atoms with van der Waals surface area (Å²) in [5.41, 5.74) is 0.496. The third-order valence-electron chi connectivity index (χ3n) is 7.60. The van der Waals surface area contributed by atoms with E-state index in [1.54, 1.807) is 7.11 Å². The number of carbonyl (C=O) groups is 1. The van der Waals surface area contributed by atoms with Crippen LogP contribution >= 0.6 is 0 Å². The molecule has 0 radical (unpaired) electrons. The second-order valence-corrected chi connectivity index (χ2v) is 9.30. The molecule has 2 fully saturated rings. The van der Waals surface area contributed by atoms with Crippen LogP contribution in [0.15, 0.2) is 67.3 Å². The second-order valence-electron chi connectivity index (χ2n) is 9.30. The maximum absolute atomic E-state index is 13.2. The molecule has 2 aromatic rings. The summed E-state index contributed by atoms with van der Waals surface area (Å²) in [7, 11) is 3.57. The highest BCUT2D eigenvalue weighted by atomic mass is 16.5. The summed E-state index contributed by atoms with van der Waals surface area (Å²) in [6, 6.07) is 17.6. The number of aliphatic hydroxyl groups is 1. The molecule has 4 rings (SSSR count). The summed E-state index contributed by atoms with van der Waals surface area (Å²) in [5.74, 6) is 0.828. The lowest BCUT2D eigenvalue weighted by atomic mass is 9.55. The fraction of sp³-hybridized carbons (Fsp3) is 0.444. The van der Waals surface area contributed by atoms with Crippen molar-refractivity contribution in [1.29, 1.82) is 0 Å². The lowest BCUT2D eigenvalue weighted by Crippen LogP contribution is -2.67.